The van der Waals surface area contributed by atoms with E-state index in [1.807, 2.05) is 22.6 Å². The number of nitrogens with zero attached hydrogens (tertiary/aromatic N) is 1. The lowest BCUT2D eigenvalue weighted by atomic mass is 9.86. The first-order valence-corrected chi connectivity index (χ1v) is 13.4. The minimum absolute atomic E-state index is 0.0216. The summed E-state index contributed by atoms with van der Waals surface area (Å²) in [6.45, 7) is 1.39. The standard InChI is InChI=1S/C26H35IN2O7/c1-16(32)29(19-7-5-3-4-6-8-19)21-13-18(26(34)28-9-10-30)14-22(24(21)33)36-25-20(27)11-17(15-31)12-23(25)35-2/h11-12,14-15,19,21-22,24,30,33H,3-10,13H2,1-2H3,(H,28,34)/t21-,22+,24+/m1/s1. The van der Waals surface area contributed by atoms with Crippen molar-refractivity contribution in [3.8, 4) is 11.5 Å². The molecule has 2 aliphatic carbocycles. The van der Waals surface area contributed by atoms with Gasteiger partial charge >= 0.3 is 0 Å². The van der Waals surface area contributed by atoms with Crippen molar-refractivity contribution in [1.82, 2.24) is 10.2 Å². The van der Waals surface area contributed by atoms with Crippen molar-refractivity contribution >= 4 is 40.7 Å². The molecule has 3 rings (SSSR count). The number of rotatable bonds is 9. The number of carbonyl (C=O) groups excluding carboxylic acids is 3. The molecule has 1 saturated carbocycles. The fourth-order valence-electron chi connectivity index (χ4n) is 5.10. The summed E-state index contributed by atoms with van der Waals surface area (Å²) >= 11 is 2.03. The van der Waals surface area contributed by atoms with Crippen molar-refractivity contribution in [3.05, 3.63) is 32.9 Å². The Balaban J connectivity index is 1.99. The molecule has 3 N–H and O–H groups in total. The number of halogens is 1. The molecule has 3 atom stereocenters. The minimum Gasteiger partial charge on any atom is -0.493 e. The van der Waals surface area contributed by atoms with Crippen molar-refractivity contribution in [3.63, 3.8) is 0 Å². The summed E-state index contributed by atoms with van der Waals surface area (Å²) in [5.41, 5.74) is 0.795. The maximum absolute atomic E-state index is 12.9. The van der Waals surface area contributed by atoms with E-state index in [1.165, 1.54) is 14.0 Å². The van der Waals surface area contributed by atoms with Crippen LogP contribution in [0.25, 0.3) is 0 Å². The highest BCUT2D eigenvalue weighted by Gasteiger charge is 2.42. The lowest BCUT2D eigenvalue weighted by Gasteiger charge is -2.43. The van der Waals surface area contributed by atoms with Gasteiger partial charge in [-0.15, -0.1) is 0 Å². The molecule has 36 heavy (non-hydrogen) atoms. The van der Waals surface area contributed by atoms with Crippen LogP contribution < -0.4 is 14.8 Å². The minimum atomic E-state index is -1.10. The fraction of sp³-hybridized carbons (Fsp3) is 0.577. The number of benzene rings is 1. The number of aliphatic hydroxyl groups excluding tert-OH is 2. The summed E-state index contributed by atoms with van der Waals surface area (Å²) in [5.74, 6) is 0.134. The van der Waals surface area contributed by atoms with Gasteiger partial charge in [0.15, 0.2) is 11.5 Å². The largest absolute Gasteiger partial charge is 0.493 e. The summed E-state index contributed by atoms with van der Waals surface area (Å²) in [7, 11) is 1.46. The molecule has 2 amide bonds. The maximum atomic E-state index is 12.9. The topological polar surface area (TPSA) is 125 Å². The molecule has 0 aliphatic heterocycles. The van der Waals surface area contributed by atoms with Gasteiger partial charge in [0, 0.05) is 37.1 Å². The number of ether oxygens (including phenoxy) is 2. The van der Waals surface area contributed by atoms with Gasteiger partial charge in [-0.1, -0.05) is 25.7 Å². The second kappa shape index (κ2) is 13.4. The van der Waals surface area contributed by atoms with Crippen LogP contribution in [0.5, 0.6) is 11.5 Å². The quantitative estimate of drug-likeness (QED) is 0.222. The highest BCUT2D eigenvalue weighted by atomic mass is 127. The third-order valence-electron chi connectivity index (χ3n) is 6.80. The molecule has 1 aromatic carbocycles. The average molecular weight is 614 g/mol. The molecule has 0 radical (unpaired) electrons. The van der Waals surface area contributed by atoms with E-state index >= 15 is 0 Å². The Morgan fingerprint density at radius 3 is 2.50 bits per heavy atom. The molecule has 0 spiro atoms. The Morgan fingerprint density at radius 1 is 1.22 bits per heavy atom. The first-order valence-electron chi connectivity index (χ1n) is 12.4. The van der Waals surface area contributed by atoms with E-state index in [0.29, 0.717) is 32.5 Å². The number of nitrogens with one attached hydrogen (secondary N) is 1. The zero-order chi connectivity index (χ0) is 26.2. The molecule has 0 unspecified atom stereocenters. The molecule has 2 aliphatic rings. The fourth-order valence-corrected chi connectivity index (χ4v) is 5.86. The van der Waals surface area contributed by atoms with Gasteiger partial charge < -0.3 is 29.9 Å². The molecule has 1 aromatic rings. The lowest BCUT2D eigenvalue weighted by molar-refractivity contribution is -0.140. The summed E-state index contributed by atoms with van der Waals surface area (Å²) in [6.07, 6.45) is 6.36. The Labute approximate surface area is 225 Å². The Kier molecular flexibility index (Phi) is 10.6. The van der Waals surface area contributed by atoms with Crippen molar-refractivity contribution in [2.75, 3.05) is 20.3 Å². The van der Waals surface area contributed by atoms with Gasteiger partial charge in [0.05, 0.1) is 23.3 Å². The van der Waals surface area contributed by atoms with Crippen LogP contribution in [0.4, 0.5) is 0 Å². The van der Waals surface area contributed by atoms with Gasteiger partial charge in [-0.25, -0.2) is 0 Å². The first-order chi connectivity index (χ1) is 17.3. The van der Waals surface area contributed by atoms with Crippen molar-refractivity contribution in [2.45, 2.75) is 76.2 Å². The predicted molar refractivity (Wildman–Crippen MR) is 142 cm³/mol. The zero-order valence-corrected chi connectivity index (χ0v) is 22.9. The van der Waals surface area contributed by atoms with Crippen molar-refractivity contribution in [1.29, 1.82) is 0 Å². The number of carbonyl (C=O) groups is 3. The Morgan fingerprint density at radius 2 is 1.92 bits per heavy atom. The molecule has 10 heteroatoms. The molecule has 198 valence electrons. The summed E-state index contributed by atoms with van der Waals surface area (Å²) in [5, 5.41) is 23.3. The normalized spacial score (nSPS) is 22.7. The van der Waals surface area contributed by atoms with Crippen molar-refractivity contribution < 1.29 is 34.1 Å². The SMILES string of the molecule is COc1cc(C=O)cc(I)c1O[C@H]1C=C(C(=O)NCCO)C[C@@H](N(C(C)=O)C2CCCCCC2)[C@@H]1O. The van der Waals surface area contributed by atoms with Gasteiger partial charge in [-0.3, -0.25) is 14.4 Å². The molecular formula is C26H35IN2O7. The molecule has 0 saturated heterocycles. The van der Waals surface area contributed by atoms with Gasteiger partial charge in [-0.2, -0.15) is 0 Å². The maximum Gasteiger partial charge on any atom is 0.247 e. The number of amides is 2. The van der Waals surface area contributed by atoms with Crippen molar-refractivity contribution in [2.24, 2.45) is 0 Å². The van der Waals surface area contributed by atoms with E-state index in [2.05, 4.69) is 5.32 Å². The lowest BCUT2D eigenvalue weighted by Crippen LogP contribution is -2.57. The van der Waals surface area contributed by atoms with Gasteiger partial charge in [-0.05, 0) is 53.6 Å². The summed E-state index contributed by atoms with van der Waals surface area (Å²) in [4.78, 5) is 38.9. The summed E-state index contributed by atoms with van der Waals surface area (Å²) in [6, 6.07) is 2.51. The number of aldehydes is 1. The average Bonchev–Trinajstić information content (AvgIpc) is 3.14. The van der Waals surface area contributed by atoms with Crippen LogP contribution in [0.15, 0.2) is 23.8 Å². The van der Waals surface area contributed by atoms with E-state index in [9.17, 15) is 19.5 Å². The third-order valence-corrected chi connectivity index (χ3v) is 7.60. The number of hydrogen-bond acceptors (Lipinski definition) is 7. The van der Waals surface area contributed by atoms with E-state index in [4.69, 9.17) is 14.6 Å². The molecule has 0 aromatic heterocycles. The van der Waals surface area contributed by atoms with Crippen LogP contribution in [-0.2, 0) is 9.59 Å². The molecule has 0 heterocycles. The van der Waals surface area contributed by atoms with Gasteiger partial charge in [0.1, 0.15) is 18.5 Å². The van der Waals surface area contributed by atoms with Crippen LogP contribution in [-0.4, -0.2) is 77.8 Å². The van der Waals surface area contributed by atoms with E-state index in [0.717, 1.165) is 38.5 Å². The van der Waals surface area contributed by atoms with Crippen LogP contribution in [0, 0.1) is 3.57 Å². The number of aliphatic hydroxyl groups is 2. The van der Waals surface area contributed by atoms with Crippen LogP contribution >= 0.6 is 22.6 Å². The highest BCUT2D eigenvalue weighted by Crippen LogP contribution is 2.37. The van der Waals surface area contributed by atoms with Crippen LogP contribution in [0.3, 0.4) is 0 Å². The Bertz CT molecular complexity index is 975. The highest BCUT2D eigenvalue weighted by molar-refractivity contribution is 14.1. The van der Waals surface area contributed by atoms with E-state index < -0.39 is 18.2 Å². The van der Waals surface area contributed by atoms with E-state index in [-0.39, 0.29) is 37.4 Å². The van der Waals surface area contributed by atoms with Gasteiger partial charge in [0.2, 0.25) is 11.8 Å². The van der Waals surface area contributed by atoms with Crippen LogP contribution in [0.2, 0.25) is 0 Å². The molecule has 0 bridgehead atoms. The molecule has 9 nitrogen and oxygen atoms in total. The Hall–Kier alpha value is -2.18. The number of hydrogen-bond donors (Lipinski definition) is 3. The predicted octanol–water partition coefficient (Wildman–Crippen LogP) is 2.60. The van der Waals surface area contributed by atoms with E-state index in [1.54, 1.807) is 23.1 Å². The smallest absolute Gasteiger partial charge is 0.247 e. The third kappa shape index (κ3) is 6.77. The zero-order valence-electron chi connectivity index (χ0n) is 20.7. The summed E-state index contributed by atoms with van der Waals surface area (Å²) < 4.78 is 12.3. The second-order valence-electron chi connectivity index (χ2n) is 9.24. The molecular weight excluding hydrogens is 579 g/mol. The van der Waals surface area contributed by atoms with Gasteiger partial charge in [0.25, 0.3) is 0 Å². The number of methoxy groups -OCH3 is 1. The molecule has 1 fully saturated rings. The second-order valence-corrected chi connectivity index (χ2v) is 10.4. The monoisotopic (exact) mass is 614 g/mol. The van der Waals surface area contributed by atoms with Crippen LogP contribution in [0.1, 0.15) is 62.2 Å². The first kappa shape index (κ1) is 28.4.